The predicted molar refractivity (Wildman–Crippen MR) is 87.7 cm³/mol. The van der Waals surface area contributed by atoms with Crippen molar-refractivity contribution in [1.82, 2.24) is 9.88 Å². The van der Waals surface area contributed by atoms with Crippen LogP contribution in [-0.2, 0) is 4.79 Å². The fourth-order valence-corrected chi connectivity index (χ4v) is 3.65. The average Bonchev–Trinajstić information content (AvgIpc) is 3.31. The van der Waals surface area contributed by atoms with E-state index < -0.39 is 0 Å². The zero-order valence-electron chi connectivity index (χ0n) is 12.1. The van der Waals surface area contributed by atoms with Crippen molar-refractivity contribution in [1.29, 1.82) is 0 Å². The van der Waals surface area contributed by atoms with Crippen molar-refractivity contribution in [2.45, 2.75) is 31.7 Å². The second kappa shape index (κ2) is 6.13. The van der Waals surface area contributed by atoms with Gasteiger partial charge >= 0.3 is 0 Å². The largest absolute Gasteiger partial charge is 0.355 e. The number of halogens is 2. The lowest BCUT2D eigenvalue weighted by Crippen LogP contribution is -2.46. The standard InChI is InChI=1S/C15H19BrClN3O/c1-19(15(21)10-2-3-10)12-4-6-20(7-5-12)14-13(17)8-11(16)9-18-14/h8-10,12H,2-7H2,1H3. The molecule has 1 aliphatic heterocycles. The molecule has 0 aromatic carbocycles. The lowest BCUT2D eigenvalue weighted by atomic mass is 10.0. The number of carbonyl (C=O) groups is 1. The lowest BCUT2D eigenvalue weighted by molar-refractivity contribution is -0.133. The summed E-state index contributed by atoms with van der Waals surface area (Å²) in [5.74, 6) is 1.47. The summed E-state index contributed by atoms with van der Waals surface area (Å²) in [6.45, 7) is 1.78. The normalized spacial score (nSPS) is 19.7. The van der Waals surface area contributed by atoms with Crippen molar-refractivity contribution < 1.29 is 4.79 Å². The highest BCUT2D eigenvalue weighted by molar-refractivity contribution is 9.10. The summed E-state index contributed by atoms with van der Waals surface area (Å²) in [5.41, 5.74) is 0. The quantitative estimate of drug-likeness (QED) is 0.816. The smallest absolute Gasteiger partial charge is 0.225 e. The first-order valence-corrected chi connectivity index (χ1v) is 8.56. The van der Waals surface area contributed by atoms with E-state index in [0.29, 0.717) is 22.9 Å². The molecule has 0 bridgehead atoms. The maximum Gasteiger partial charge on any atom is 0.225 e. The van der Waals surface area contributed by atoms with Gasteiger partial charge in [-0.1, -0.05) is 11.6 Å². The molecule has 0 N–H and O–H groups in total. The minimum absolute atomic E-state index is 0.301. The van der Waals surface area contributed by atoms with Gasteiger partial charge in [0.25, 0.3) is 0 Å². The van der Waals surface area contributed by atoms with Crippen LogP contribution in [0.5, 0.6) is 0 Å². The van der Waals surface area contributed by atoms with Gasteiger partial charge in [0.05, 0.1) is 5.02 Å². The van der Waals surface area contributed by atoms with Crippen LogP contribution in [0.3, 0.4) is 0 Å². The fraction of sp³-hybridized carbons (Fsp3) is 0.600. The molecular weight excluding hydrogens is 354 g/mol. The topological polar surface area (TPSA) is 36.4 Å². The van der Waals surface area contributed by atoms with E-state index in [1.165, 1.54) is 0 Å². The number of pyridine rings is 1. The van der Waals surface area contributed by atoms with E-state index in [-0.39, 0.29) is 0 Å². The highest BCUT2D eigenvalue weighted by atomic mass is 79.9. The van der Waals surface area contributed by atoms with Crippen molar-refractivity contribution in [2.75, 3.05) is 25.0 Å². The number of rotatable bonds is 3. The molecule has 1 amide bonds. The molecule has 0 spiro atoms. The van der Waals surface area contributed by atoms with Gasteiger partial charge in [0.1, 0.15) is 5.82 Å². The molecule has 6 heteroatoms. The SMILES string of the molecule is CN(C(=O)C1CC1)C1CCN(c2ncc(Br)cc2Cl)CC1. The molecule has 0 atom stereocenters. The molecule has 1 saturated heterocycles. The van der Waals surface area contributed by atoms with Crippen molar-refractivity contribution in [3.05, 3.63) is 21.8 Å². The molecule has 0 radical (unpaired) electrons. The third-order valence-corrected chi connectivity index (χ3v) is 5.09. The zero-order valence-corrected chi connectivity index (χ0v) is 14.4. The van der Waals surface area contributed by atoms with Crippen LogP contribution in [0.2, 0.25) is 5.02 Å². The second-order valence-electron chi connectivity index (χ2n) is 5.90. The van der Waals surface area contributed by atoms with E-state index in [2.05, 4.69) is 25.8 Å². The number of amides is 1. The van der Waals surface area contributed by atoms with Crippen molar-refractivity contribution >= 4 is 39.3 Å². The summed E-state index contributed by atoms with van der Waals surface area (Å²) in [7, 11) is 1.95. The van der Waals surface area contributed by atoms with Crippen LogP contribution in [0.1, 0.15) is 25.7 Å². The lowest BCUT2D eigenvalue weighted by Gasteiger charge is -2.37. The van der Waals surface area contributed by atoms with E-state index in [1.54, 1.807) is 6.20 Å². The van der Waals surface area contributed by atoms with Crippen LogP contribution in [0.4, 0.5) is 5.82 Å². The summed E-state index contributed by atoms with van der Waals surface area (Å²) in [4.78, 5) is 20.7. The molecular formula is C15H19BrClN3O. The van der Waals surface area contributed by atoms with Gasteiger partial charge in [-0.2, -0.15) is 0 Å². The Morgan fingerprint density at radius 1 is 1.38 bits per heavy atom. The molecule has 1 saturated carbocycles. The second-order valence-corrected chi connectivity index (χ2v) is 7.22. The van der Waals surface area contributed by atoms with Crippen LogP contribution in [0.15, 0.2) is 16.7 Å². The first-order chi connectivity index (χ1) is 10.1. The molecule has 0 unspecified atom stereocenters. The Morgan fingerprint density at radius 2 is 2.05 bits per heavy atom. The Hall–Kier alpha value is -0.810. The van der Waals surface area contributed by atoms with Crippen LogP contribution < -0.4 is 4.90 Å². The minimum atomic E-state index is 0.301. The van der Waals surface area contributed by atoms with E-state index in [4.69, 9.17) is 11.6 Å². The third kappa shape index (κ3) is 3.34. The average molecular weight is 373 g/mol. The Labute approximate surface area is 138 Å². The van der Waals surface area contributed by atoms with Gasteiger partial charge in [0.15, 0.2) is 0 Å². The molecule has 1 aromatic rings. The summed E-state index contributed by atoms with van der Waals surface area (Å²) in [5, 5.41) is 0.672. The van der Waals surface area contributed by atoms with Crippen molar-refractivity contribution in [3.63, 3.8) is 0 Å². The highest BCUT2D eigenvalue weighted by Gasteiger charge is 2.35. The Morgan fingerprint density at radius 3 is 2.62 bits per heavy atom. The molecule has 2 aliphatic rings. The first-order valence-electron chi connectivity index (χ1n) is 7.39. The van der Waals surface area contributed by atoms with Gasteiger partial charge in [-0.3, -0.25) is 4.79 Å². The van der Waals surface area contributed by atoms with Crippen molar-refractivity contribution in [2.24, 2.45) is 5.92 Å². The van der Waals surface area contributed by atoms with Crippen LogP contribution >= 0.6 is 27.5 Å². The number of anilines is 1. The number of piperidine rings is 1. The Kier molecular flexibility index (Phi) is 4.41. The van der Waals surface area contributed by atoms with Crippen LogP contribution in [-0.4, -0.2) is 42.0 Å². The molecule has 2 heterocycles. The summed E-state index contributed by atoms with van der Waals surface area (Å²) >= 11 is 9.64. The van der Waals surface area contributed by atoms with E-state index in [0.717, 1.165) is 49.1 Å². The van der Waals surface area contributed by atoms with E-state index in [9.17, 15) is 4.79 Å². The highest BCUT2D eigenvalue weighted by Crippen LogP contribution is 2.33. The maximum atomic E-state index is 12.1. The number of aromatic nitrogens is 1. The summed E-state index contributed by atoms with van der Waals surface area (Å²) < 4.78 is 0.890. The predicted octanol–water partition coefficient (Wildman–Crippen LogP) is 3.33. The first kappa shape index (κ1) is 15.1. The third-order valence-electron chi connectivity index (χ3n) is 4.37. The van der Waals surface area contributed by atoms with Gasteiger partial charge in [-0.05, 0) is 47.7 Å². The van der Waals surface area contributed by atoms with Crippen LogP contribution in [0, 0.1) is 5.92 Å². The molecule has 1 aromatic heterocycles. The van der Waals surface area contributed by atoms with Gasteiger partial charge in [-0.25, -0.2) is 4.98 Å². The van der Waals surface area contributed by atoms with Gasteiger partial charge in [0.2, 0.25) is 5.91 Å². The zero-order chi connectivity index (χ0) is 15.0. The minimum Gasteiger partial charge on any atom is -0.355 e. The van der Waals surface area contributed by atoms with Crippen molar-refractivity contribution in [3.8, 4) is 0 Å². The van der Waals surface area contributed by atoms with E-state index >= 15 is 0 Å². The summed E-state index contributed by atoms with van der Waals surface area (Å²) in [6, 6.07) is 2.22. The van der Waals surface area contributed by atoms with Gasteiger partial charge in [0, 0.05) is 42.8 Å². The molecule has 114 valence electrons. The monoisotopic (exact) mass is 371 g/mol. The Bertz CT molecular complexity index is 542. The maximum absolute atomic E-state index is 12.1. The van der Waals surface area contributed by atoms with Gasteiger partial charge in [-0.15, -0.1) is 0 Å². The molecule has 21 heavy (non-hydrogen) atoms. The molecule has 1 aliphatic carbocycles. The molecule has 2 fully saturated rings. The Balaban J connectivity index is 1.60. The number of carbonyl (C=O) groups excluding carboxylic acids is 1. The summed E-state index contributed by atoms with van der Waals surface area (Å²) in [6.07, 6.45) is 5.86. The van der Waals surface area contributed by atoms with Gasteiger partial charge < -0.3 is 9.80 Å². The fourth-order valence-electron chi connectivity index (χ4n) is 2.90. The number of hydrogen-bond donors (Lipinski definition) is 0. The van der Waals surface area contributed by atoms with E-state index in [1.807, 2.05) is 18.0 Å². The molecule has 4 nitrogen and oxygen atoms in total. The number of nitrogens with zero attached hydrogens (tertiary/aromatic N) is 3. The van der Waals surface area contributed by atoms with Crippen LogP contribution in [0.25, 0.3) is 0 Å². The molecule has 3 rings (SSSR count). The number of hydrogen-bond acceptors (Lipinski definition) is 3.